The lowest BCUT2D eigenvalue weighted by Crippen LogP contribution is -2.00. The number of para-hydroxylation sites is 1. The number of phenols is 1. The van der Waals surface area contributed by atoms with Crippen molar-refractivity contribution in [1.82, 2.24) is 15.0 Å². The monoisotopic (exact) mass is 501 g/mol. The topological polar surface area (TPSA) is 138 Å². The van der Waals surface area contributed by atoms with Gasteiger partial charge >= 0.3 is 11.9 Å². The van der Waals surface area contributed by atoms with Gasteiger partial charge in [-0.3, -0.25) is 0 Å². The molecule has 0 amide bonds. The Bertz CT molecular complexity index is 1700. The van der Waals surface area contributed by atoms with Crippen molar-refractivity contribution in [2.75, 3.05) is 7.11 Å². The third-order valence-electron chi connectivity index (χ3n) is 5.32. The van der Waals surface area contributed by atoms with E-state index in [2.05, 4.69) is 19.7 Å². The minimum atomic E-state index is -0.982. The number of H-pyrrole nitrogens is 2. The van der Waals surface area contributed by atoms with Gasteiger partial charge in [-0.1, -0.05) is 23.5 Å². The summed E-state index contributed by atoms with van der Waals surface area (Å²) < 4.78 is 11.4. The van der Waals surface area contributed by atoms with Crippen LogP contribution in [-0.2, 0) is 4.74 Å². The summed E-state index contributed by atoms with van der Waals surface area (Å²) in [6, 6.07) is 21.3. The second-order valence-corrected chi connectivity index (χ2v) is 8.73. The van der Waals surface area contributed by atoms with Gasteiger partial charge in [0.2, 0.25) is 0 Å². The zero-order valence-corrected chi connectivity index (χ0v) is 19.6. The van der Waals surface area contributed by atoms with Gasteiger partial charge in [-0.15, -0.1) is 0 Å². The molecule has 0 aliphatic rings. The van der Waals surface area contributed by atoms with Crippen molar-refractivity contribution >= 4 is 55.3 Å². The fourth-order valence-corrected chi connectivity index (χ4v) is 4.45. The number of carbonyl (C=O) groups excluding carboxylic acids is 1. The minimum absolute atomic E-state index is 0.159. The zero-order valence-electron chi connectivity index (χ0n) is 18.8. The number of nitrogens with zero attached hydrogens (tertiary/aromatic N) is 1. The van der Waals surface area contributed by atoms with Crippen LogP contribution in [0.2, 0.25) is 0 Å². The number of aromatic nitrogens is 3. The smallest absolute Gasteiger partial charge is 0.354 e. The first-order valence-corrected chi connectivity index (χ1v) is 11.5. The highest BCUT2D eigenvalue weighted by atomic mass is 32.1. The molecular formula is C26H19N3O6S. The van der Waals surface area contributed by atoms with Crippen LogP contribution in [0.25, 0.3) is 32.0 Å². The van der Waals surface area contributed by atoms with Gasteiger partial charge in [0.05, 0.1) is 17.3 Å². The molecule has 0 fully saturated rings. The number of carboxylic acid groups (broad SMARTS) is 1. The summed E-state index contributed by atoms with van der Waals surface area (Å²) in [5.74, 6) is -0.619. The number of carboxylic acids is 1. The molecule has 36 heavy (non-hydrogen) atoms. The number of aromatic amines is 2. The summed E-state index contributed by atoms with van der Waals surface area (Å²) in [4.78, 5) is 32.2. The normalized spacial score (nSPS) is 10.8. The Morgan fingerprint density at radius 3 is 2.33 bits per heavy atom. The molecule has 0 saturated carbocycles. The average molecular weight is 502 g/mol. The zero-order chi connectivity index (χ0) is 25.2. The minimum Gasteiger partial charge on any atom is -0.508 e. The largest absolute Gasteiger partial charge is 0.508 e. The molecule has 0 radical (unpaired) electrons. The van der Waals surface area contributed by atoms with Crippen LogP contribution in [0.15, 0.2) is 72.8 Å². The van der Waals surface area contributed by atoms with Gasteiger partial charge in [0.25, 0.3) is 5.19 Å². The van der Waals surface area contributed by atoms with Crippen LogP contribution >= 0.6 is 11.3 Å². The quantitative estimate of drug-likeness (QED) is 0.220. The van der Waals surface area contributed by atoms with E-state index in [1.165, 1.54) is 18.4 Å². The molecule has 0 atom stereocenters. The summed E-state index contributed by atoms with van der Waals surface area (Å²) >= 11 is 1.47. The van der Waals surface area contributed by atoms with Gasteiger partial charge in [0.15, 0.2) is 0 Å². The van der Waals surface area contributed by atoms with Crippen LogP contribution in [-0.4, -0.2) is 44.2 Å². The lowest BCUT2D eigenvalue weighted by atomic mass is 10.2. The third kappa shape index (κ3) is 4.70. The van der Waals surface area contributed by atoms with Crippen molar-refractivity contribution in [3.8, 4) is 16.7 Å². The lowest BCUT2D eigenvalue weighted by Gasteiger charge is -2.00. The molecule has 4 N–H and O–H groups in total. The maximum atomic E-state index is 11.2. The lowest BCUT2D eigenvalue weighted by molar-refractivity contribution is 0.0594. The van der Waals surface area contributed by atoms with E-state index in [9.17, 15) is 14.7 Å². The number of hydrogen-bond acceptors (Lipinski definition) is 7. The molecule has 3 aromatic carbocycles. The summed E-state index contributed by atoms with van der Waals surface area (Å²) in [7, 11) is 1.32. The highest BCUT2D eigenvalue weighted by Crippen LogP contribution is 2.32. The molecule has 0 aliphatic carbocycles. The Balaban J connectivity index is 0.000000165. The number of thiazole rings is 1. The maximum absolute atomic E-state index is 11.2. The molecule has 9 nitrogen and oxygen atoms in total. The van der Waals surface area contributed by atoms with Gasteiger partial charge in [-0.2, -0.15) is 0 Å². The molecular weight excluding hydrogens is 482 g/mol. The first kappa shape index (κ1) is 22.9. The number of rotatable bonds is 4. The van der Waals surface area contributed by atoms with E-state index in [1.807, 2.05) is 30.3 Å². The van der Waals surface area contributed by atoms with E-state index in [0.29, 0.717) is 22.2 Å². The van der Waals surface area contributed by atoms with Gasteiger partial charge in [-0.25, -0.2) is 14.6 Å². The van der Waals surface area contributed by atoms with Crippen molar-refractivity contribution in [1.29, 1.82) is 0 Å². The van der Waals surface area contributed by atoms with Crippen LogP contribution in [0.5, 0.6) is 16.7 Å². The number of esters is 1. The Hall–Kier alpha value is -4.83. The van der Waals surface area contributed by atoms with Crippen LogP contribution in [0, 0.1) is 0 Å². The molecule has 6 rings (SSSR count). The van der Waals surface area contributed by atoms with Crippen molar-refractivity contribution in [2.45, 2.75) is 0 Å². The second-order valence-electron chi connectivity index (χ2n) is 7.73. The standard InChI is InChI=1S/C16H10N2O3S.C10H9NO3/c19-15(20)13-7-9-5-6-10(8-12(9)17-13)21-16-18-11-3-1-2-4-14(11)22-16;1-14-10(13)9-4-6-2-3-7(12)5-8(6)11-9/h1-8,17H,(H,19,20);2-5,11-12H,1H3. The predicted octanol–water partition coefficient (Wildman–Crippen LogP) is 5.93. The first-order chi connectivity index (χ1) is 17.4. The highest BCUT2D eigenvalue weighted by Gasteiger charge is 2.10. The van der Waals surface area contributed by atoms with E-state index in [0.717, 1.165) is 26.5 Å². The Kier molecular flexibility index (Phi) is 6.01. The Morgan fingerprint density at radius 1 is 0.889 bits per heavy atom. The Labute approximate surface area is 207 Å². The summed E-state index contributed by atoms with van der Waals surface area (Å²) in [5, 5.41) is 20.5. The number of ether oxygens (including phenoxy) is 2. The predicted molar refractivity (Wildman–Crippen MR) is 136 cm³/mol. The molecule has 0 bridgehead atoms. The number of benzene rings is 3. The van der Waals surface area contributed by atoms with Crippen LogP contribution in [0.1, 0.15) is 21.0 Å². The molecule has 3 heterocycles. The third-order valence-corrected chi connectivity index (χ3v) is 6.23. The molecule has 0 aliphatic heterocycles. The summed E-state index contributed by atoms with van der Waals surface area (Å²) in [6.07, 6.45) is 0. The van der Waals surface area contributed by atoms with Crippen LogP contribution in [0.3, 0.4) is 0 Å². The van der Waals surface area contributed by atoms with E-state index in [-0.39, 0.29) is 11.4 Å². The molecule has 10 heteroatoms. The molecule has 0 unspecified atom stereocenters. The number of nitrogens with one attached hydrogen (secondary N) is 2. The van der Waals surface area contributed by atoms with E-state index in [1.54, 1.807) is 42.5 Å². The molecule has 6 aromatic rings. The van der Waals surface area contributed by atoms with Gasteiger partial charge < -0.3 is 29.7 Å². The maximum Gasteiger partial charge on any atom is 0.354 e. The van der Waals surface area contributed by atoms with Crippen LogP contribution < -0.4 is 4.74 Å². The van der Waals surface area contributed by atoms with Crippen molar-refractivity contribution in [3.63, 3.8) is 0 Å². The van der Waals surface area contributed by atoms with Gasteiger partial charge in [0, 0.05) is 33.9 Å². The van der Waals surface area contributed by atoms with Crippen molar-refractivity contribution < 1.29 is 29.3 Å². The van der Waals surface area contributed by atoms with Gasteiger partial charge in [-0.05, 0) is 48.5 Å². The number of carbonyl (C=O) groups is 2. The average Bonchev–Trinajstić information content (AvgIpc) is 3.59. The molecule has 0 spiro atoms. The van der Waals surface area contributed by atoms with E-state index in [4.69, 9.17) is 9.84 Å². The number of aromatic hydroxyl groups is 1. The fraction of sp³-hybridized carbons (Fsp3) is 0.0385. The number of phenolic OH excluding ortho intramolecular Hbond substituents is 1. The molecule has 3 aromatic heterocycles. The van der Waals surface area contributed by atoms with Crippen LogP contribution in [0.4, 0.5) is 0 Å². The second kappa shape index (κ2) is 9.43. The van der Waals surface area contributed by atoms with Gasteiger partial charge in [0.1, 0.15) is 22.9 Å². The van der Waals surface area contributed by atoms with E-state index >= 15 is 0 Å². The summed E-state index contributed by atoms with van der Waals surface area (Å²) in [6.45, 7) is 0. The Morgan fingerprint density at radius 2 is 1.58 bits per heavy atom. The van der Waals surface area contributed by atoms with Crippen molar-refractivity contribution in [2.24, 2.45) is 0 Å². The molecule has 0 saturated heterocycles. The van der Waals surface area contributed by atoms with Crippen molar-refractivity contribution in [3.05, 3.63) is 84.2 Å². The van der Waals surface area contributed by atoms with E-state index < -0.39 is 11.9 Å². The fourth-order valence-electron chi connectivity index (χ4n) is 3.62. The molecule has 180 valence electrons. The highest BCUT2D eigenvalue weighted by molar-refractivity contribution is 7.20. The first-order valence-electron chi connectivity index (χ1n) is 10.7. The summed E-state index contributed by atoms with van der Waals surface area (Å²) in [5.41, 5.74) is 2.87. The number of fused-ring (bicyclic) bond motifs is 3. The number of aromatic carboxylic acids is 1. The number of hydrogen-bond donors (Lipinski definition) is 4. The SMILES string of the molecule is COC(=O)c1cc2ccc(O)cc2[nH]1.O=C(O)c1cc2ccc(Oc3nc4ccccc4s3)cc2[nH]1. The number of methoxy groups -OCH3 is 1.